The minimum Gasteiger partial charge on any atom is -0.341 e. The highest BCUT2D eigenvalue weighted by Gasteiger charge is 2.18. The van der Waals surface area contributed by atoms with Gasteiger partial charge < -0.3 is 15.5 Å². The third kappa shape index (κ3) is 5.56. The van der Waals surface area contributed by atoms with Crippen LogP contribution in [-0.4, -0.2) is 42.0 Å². The maximum absolute atomic E-state index is 11.8. The Bertz CT molecular complexity index is 278. The summed E-state index contributed by atoms with van der Waals surface area (Å²) in [5.74, 6) is 0.00811. The van der Waals surface area contributed by atoms with Crippen molar-refractivity contribution in [3.63, 3.8) is 0 Å². The van der Waals surface area contributed by atoms with Gasteiger partial charge in [0.2, 0.25) is 5.91 Å². The molecule has 1 aliphatic rings. The summed E-state index contributed by atoms with van der Waals surface area (Å²) in [5, 5.41) is 5.35. The van der Waals surface area contributed by atoms with Gasteiger partial charge >= 0.3 is 6.03 Å². The molecule has 0 aromatic heterocycles. The fourth-order valence-electron chi connectivity index (χ4n) is 1.80. The molecule has 17 heavy (non-hydrogen) atoms. The molecule has 1 saturated heterocycles. The Kier molecular flexibility index (Phi) is 4.78. The molecule has 0 bridgehead atoms. The van der Waals surface area contributed by atoms with Crippen LogP contribution in [0.4, 0.5) is 4.79 Å². The molecule has 0 saturated carbocycles. The molecule has 1 rings (SSSR count). The summed E-state index contributed by atoms with van der Waals surface area (Å²) in [6.45, 7) is 7.43. The van der Waals surface area contributed by atoms with Crippen molar-refractivity contribution in [3.05, 3.63) is 0 Å². The Labute approximate surface area is 103 Å². The van der Waals surface area contributed by atoms with E-state index in [0.29, 0.717) is 0 Å². The molecule has 1 fully saturated rings. The molecule has 0 radical (unpaired) electrons. The molecule has 0 aliphatic carbocycles. The average molecular weight is 241 g/mol. The van der Waals surface area contributed by atoms with E-state index >= 15 is 0 Å². The lowest BCUT2D eigenvalue weighted by atomic mass is 10.1. The van der Waals surface area contributed by atoms with E-state index in [4.69, 9.17) is 0 Å². The van der Waals surface area contributed by atoms with Gasteiger partial charge in [-0.3, -0.25) is 4.79 Å². The molecular formula is C12H23N3O2. The SMILES string of the molecule is CC(C)(C)NC(=O)NCC(=O)N1CCCCC1. The van der Waals surface area contributed by atoms with Gasteiger partial charge in [-0.15, -0.1) is 0 Å². The first-order chi connectivity index (χ1) is 7.88. The van der Waals surface area contributed by atoms with Crippen LogP contribution in [0.5, 0.6) is 0 Å². The van der Waals surface area contributed by atoms with Gasteiger partial charge in [-0.05, 0) is 40.0 Å². The molecule has 0 atom stereocenters. The first-order valence-corrected chi connectivity index (χ1v) is 6.22. The summed E-state index contributed by atoms with van der Waals surface area (Å²) >= 11 is 0. The highest BCUT2D eigenvalue weighted by molar-refractivity contribution is 5.84. The third-order valence-corrected chi connectivity index (χ3v) is 2.60. The lowest BCUT2D eigenvalue weighted by molar-refractivity contribution is -0.130. The number of piperidine rings is 1. The molecule has 3 amide bonds. The topological polar surface area (TPSA) is 61.4 Å². The molecule has 0 unspecified atom stereocenters. The van der Waals surface area contributed by atoms with Crippen molar-refractivity contribution < 1.29 is 9.59 Å². The minimum atomic E-state index is -0.289. The second-order valence-corrected chi connectivity index (χ2v) is 5.50. The number of hydrogen-bond acceptors (Lipinski definition) is 2. The molecule has 0 aromatic rings. The van der Waals surface area contributed by atoms with Crippen LogP contribution in [0.2, 0.25) is 0 Å². The van der Waals surface area contributed by atoms with E-state index in [1.54, 1.807) is 0 Å². The fourth-order valence-corrected chi connectivity index (χ4v) is 1.80. The first kappa shape index (κ1) is 13.8. The molecule has 5 nitrogen and oxygen atoms in total. The standard InChI is InChI=1S/C12H23N3O2/c1-12(2,3)14-11(17)13-9-10(16)15-7-5-4-6-8-15/h4-9H2,1-3H3,(H2,13,14,17). The number of urea groups is 1. The van der Waals surface area contributed by atoms with E-state index in [1.165, 1.54) is 6.42 Å². The van der Waals surface area contributed by atoms with Crippen molar-refractivity contribution in [3.8, 4) is 0 Å². The summed E-state index contributed by atoms with van der Waals surface area (Å²) in [7, 11) is 0. The van der Waals surface area contributed by atoms with Crippen LogP contribution < -0.4 is 10.6 Å². The minimum absolute atomic E-state index is 0.00811. The number of nitrogens with zero attached hydrogens (tertiary/aromatic N) is 1. The predicted octanol–water partition coefficient (Wildman–Crippen LogP) is 1.10. The van der Waals surface area contributed by atoms with E-state index in [0.717, 1.165) is 25.9 Å². The molecule has 0 spiro atoms. The first-order valence-electron chi connectivity index (χ1n) is 6.22. The molecule has 98 valence electrons. The molecule has 2 N–H and O–H groups in total. The van der Waals surface area contributed by atoms with Gasteiger partial charge in [-0.25, -0.2) is 4.79 Å². The van der Waals surface area contributed by atoms with Crippen LogP contribution in [0, 0.1) is 0 Å². The van der Waals surface area contributed by atoms with Crippen molar-refractivity contribution in [1.29, 1.82) is 0 Å². The van der Waals surface area contributed by atoms with Crippen LogP contribution in [0.15, 0.2) is 0 Å². The van der Waals surface area contributed by atoms with Gasteiger partial charge in [0, 0.05) is 18.6 Å². The van der Waals surface area contributed by atoms with E-state index < -0.39 is 0 Å². The van der Waals surface area contributed by atoms with Crippen LogP contribution in [0.25, 0.3) is 0 Å². The number of likely N-dealkylation sites (tertiary alicyclic amines) is 1. The molecule has 5 heteroatoms. The van der Waals surface area contributed by atoms with Gasteiger partial charge in [0.05, 0.1) is 6.54 Å². The van der Waals surface area contributed by atoms with Crippen molar-refractivity contribution in [2.45, 2.75) is 45.6 Å². The van der Waals surface area contributed by atoms with E-state index in [9.17, 15) is 9.59 Å². The summed E-state index contributed by atoms with van der Waals surface area (Å²) in [4.78, 5) is 25.0. The maximum atomic E-state index is 11.8. The lowest BCUT2D eigenvalue weighted by Gasteiger charge is -2.27. The van der Waals surface area contributed by atoms with Crippen molar-refractivity contribution in [2.75, 3.05) is 19.6 Å². The van der Waals surface area contributed by atoms with Crippen LogP contribution >= 0.6 is 0 Å². The van der Waals surface area contributed by atoms with E-state index in [1.807, 2.05) is 25.7 Å². The van der Waals surface area contributed by atoms with Crippen LogP contribution in [-0.2, 0) is 4.79 Å². The Morgan fingerprint density at radius 3 is 2.24 bits per heavy atom. The number of nitrogens with one attached hydrogen (secondary N) is 2. The summed E-state index contributed by atoms with van der Waals surface area (Å²) < 4.78 is 0. The number of amides is 3. The Balaban J connectivity index is 2.25. The highest BCUT2D eigenvalue weighted by atomic mass is 16.2. The zero-order valence-electron chi connectivity index (χ0n) is 11.0. The quantitative estimate of drug-likeness (QED) is 0.760. The third-order valence-electron chi connectivity index (χ3n) is 2.60. The second-order valence-electron chi connectivity index (χ2n) is 5.50. The molecular weight excluding hydrogens is 218 g/mol. The van der Waals surface area contributed by atoms with Crippen LogP contribution in [0.3, 0.4) is 0 Å². The zero-order chi connectivity index (χ0) is 12.9. The Morgan fingerprint density at radius 2 is 1.71 bits per heavy atom. The van der Waals surface area contributed by atoms with Crippen molar-refractivity contribution in [2.24, 2.45) is 0 Å². The van der Waals surface area contributed by atoms with Gasteiger partial charge in [0.25, 0.3) is 0 Å². The lowest BCUT2D eigenvalue weighted by Crippen LogP contribution is -2.49. The number of carbonyl (C=O) groups excluding carboxylic acids is 2. The summed E-state index contributed by atoms with van der Waals surface area (Å²) in [6, 6.07) is -0.289. The zero-order valence-corrected chi connectivity index (χ0v) is 11.0. The summed E-state index contributed by atoms with van der Waals surface area (Å²) in [6.07, 6.45) is 3.33. The largest absolute Gasteiger partial charge is 0.341 e. The molecule has 1 aliphatic heterocycles. The number of hydrogen-bond donors (Lipinski definition) is 2. The second kappa shape index (κ2) is 5.89. The normalized spacial score (nSPS) is 16.5. The van der Waals surface area contributed by atoms with Crippen LogP contribution in [0.1, 0.15) is 40.0 Å². The van der Waals surface area contributed by atoms with Crippen molar-refractivity contribution in [1.82, 2.24) is 15.5 Å². The predicted molar refractivity (Wildman–Crippen MR) is 66.7 cm³/mol. The highest BCUT2D eigenvalue weighted by Crippen LogP contribution is 2.08. The smallest absolute Gasteiger partial charge is 0.315 e. The monoisotopic (exact) mass is 241 g/mol. The van der Waals surface area contributed by atoms with Gasteiger partial charge in [-0.1, -0.05) is 0 Å². The van der Waals surface area contributed by atoms with E-state index in [2.05, 4.69) is 10.6 Å². The van der Waals surface area contributed by atoms with Gasteiger partial charge in [-0.2, -0.15) is 0 Å². The average Bonchev–Trinajstić information content (AvgIpc) is 2.25. The van der Waals surface area contributed by atoms with E-state index in [-0.39, 0.29) is 24.0 Å². The Hall–Kier alpha value is -1.26. The number of carbonyl (C=O) groups is 2. The molecule has 0 aromatic carbocycles. The van der Waals surface area contributed by atoms with Gasteiger partial charge in [0.15, 0.2) is 0 Å². The number of rotatable bonds is 2. The van der Waals surface area contributed by atoms with Crippen molar-refractivity contribution >= 4 is 11.9 Å². The molecule has 1 heterocycles. The summed E-state index contributed by atoms with van der Waals surface area (Å²) in [5.41, 5.74) is -0.280. The Morgan fingerprint density at radius 1 is 1.12 bits per heavy atom. The van der Waals surface area contributed by atoms with Gasteiger partial charge in [0.1, 0.15) is 0 Å². The maximum Gasteiger partial charge on any atom is 0.315 e. The fraction of sp³-hybridized carbons (Fsp3) is 0.833.